The first-order valence-corrected chi connectivity index (χ1v) is 8.78. The fourth-order valence-electron chi connectivity index (χ4n) is 3.86. The van der Waals surface area contributed by atoms with Crippen molar-refractivity contribution in [2.24, 2.45) is 17.8 Å². The van der Waals surface area contributed by atoms with Crippen LogP contribution in [0.15, 0.2) is 0 Å². The molecule has 1 atom stereocenters. The number of nitrogens with zero attached hydrogens (tertiary/aromatic N) is 2. The average molecular weight is 306 g/mol. The Morgan fingerprint density at radius 3 is 2.14 bits per heavy atom. The number of amides is 1. The molecule has 1 saturated carbocycles. The molecule has 1 aliphatic heterocycles. The molecule has 0 aromatic heterocycles. The molecule has 1 unspecified atom stereocenters. The maximum atomic E-state index is 12.1. The SMILES string of the molecule is CC(C)(C)OC(=O)N1CCC(C(C#N)C2CCCCC2)CC1. The third kappa shape index (κ3) is 4.63. The number of nitriles is 1. The molecule has 0 aromatic rings. The van der Waals surface area contributed by atoms with Crippen LogP contribution in [-0.4, -0.2) is 29.7 Å². The lowest BCUT2D eigenvalue weighted by Gasteiger charge is -2.37. The molecule has 2 aliphatic rings. The normalized spacial score (nSPS) is 22.9. The van der Waals surface area contributed by atoms with Gasteiger partial charge in [-0.25, -0.2) is 4.79 Å². The van der Waals surface area contributed by atoms with Crippen LogP contribution >= 0.6 is 0 Å². The topological polar surface area (TPSA) is 53.3 Å². The summed E-state index contributed by atoms with van der Waals surface area (Å²) in [6, 6.07) is 2.59. The van der Waals surface area contributed by atoms with Gasteiger partial charge in [-0.2, -0.15) is 5.26 Å². The minimum absolute atomic E-state index is 0.182. The number of carbonyl (C=O) groups is 1. The Balaban J connectivity index is 1.85. The first kappa shape index (κ1) is 17.1. The van der Waals surface area contributed by atoms with E-state index < -0.39 is 5.60 Å². The fourth-order valence-corrected chi connectivity index (χ4v) is 3.86. The first-order chi connectivity index (χ1) is 10.4. The highest BCUT2D eigenvalue weighted by Gasteiger charge is 2.34. The molecule has 2 fully saturated rings. The highest BCUT2D eigenvalue weighted by atomic mass is 16.6. The van der Waals surface area contributed by atoms with Gasteiger partial charge in [-0.1, -0.05) is 19.3 Å². The van der Waals surface area contributed by atoms with Crippen LogP contribution in [0.2, 0.25) is 0 Å². The average Bonchev–Trinajstić information content (AvgIpc) is 2.48. The van der Waals surface area contributed by atoms with E-state index in [4.69, 9.17) is 4.74 Å². The van der Waals surface area contributed by atoms with Crippen molar-refractivity contribution in [2.45, 2.75) is 71.3 Å². The molecule has 1 amide bonds. The lowest BCUT2D eigenvalue weighted by atomic mass is 9.72. The molecule has 2 rings (SSSR count). The number of carbonyl (C=O) groups excluding carboxylic acids is 1. The van der Waals surface area contributed by atoms with Crippen molar-refractivity contribution in [1.29, 1.82) is 5.26 Å². The molecule has 0 aromatic carbocycles. The molecule has 124 valence electrons. The summed E-state index contributed by atoms with van der Waals surface area (Å²) in [6.45, 7) is 7.14. The highest BCUT2D eigenvalue weighted by Crippen LogP contribution is 2.37. The van der Waals surface area contributed by atoms with Crippen molar-refractivity contribution in [3.05, 3.63) is 0 Å². The first-order valence-electron chi connectivity index (χ1n) is 8.78. The zero-order valence-electron chi connectivity index (χ0n) is 14.3. The van der Waals surface area contributed by atoms with E-state index in [0.29, 0.717) is 11.8 Å². The van der Waals surface area contributed by atoms with Gasteiger partial charge in [-0.3, -0.25) is 0 Å². The molecule has 22 heavy (non-hydrogen) atoms. The standard InChI is InChI=1S/C18H30N2O2/c1-18(2,3)22-17(21)20-11-9-15(10-12-20)16(13-19)14-7-5-4-6-8-14/h14-16H,4-12H2,1-3H3. The number of likely N-dealkylation sites (tertiary alicyclic amines) is 1. The second-order valence-electron chi connectivity index (χ2n) is 7.86. The van der Waals surface area contributed by atoms with Gasteiger partial charge >= 0.3 is 6.09 Å². The molecule has 0 radical (unpaired) electrons. The van der Waals surface area contributed by atoms with Crippen LogP contribution in [-0.2, 0) is 4.74 Å². The Morgan fingerprint density at radius 2 is 1.64 bits per heavy atom. The lowest BCUT2D eigenvalue weighted by molar-refractivity contribution is 0.0153. The maximum Gasteiger partial charge on any atom is 0.410 e. The molecular formula is C18H30N2O2. The summed E-state index contributed by atoms with van der Waals surface area (Å²) in [7, 11) is 0. The third-order valence-electron chi connectivity index (χ3n) is 5.01. The monoisotopic (exact) mass is 306 g/mol. The Bertz CT molecular complexity index is 408. The van der Waals surface area contributed by atoms with E-state index in [9.17, 15) is 10.1 Å². The Kier molecular flexibility index (Phi) is 5.72. The van der Waals surface area contributed by atoms with E-state index in [-0.39, 0.29) is 12.0 Å². The molecule has 1 aliphatic carbocycles. The molecule has 0 N–H and O–H groups in total. The number of rotatable bonds is 2. The van der Waals surface area contributed by atoms with Crippen molar-refractivity contribution in [1.82, 2.24) is 4.90 Å². The van der Waals surface area contributed by atoms with Crippen molar-refractivity contribution >= 4 is 6.09 Å². The fraction of sp³-hybridized carbons (Fsp3) is 0.889. The van der Waals surface area contributed by atoms with Crippen molar-refractivity contribution in [2.75, 3.05) is 13.1 Å². The van der Waals surface area contributed by atoms with Gasteiger partial charge in [0.1, 0.15) is 5.60 Å². The summed E-state index contributed by atoms with van der Waals surface area (Å²) in [5.41, 5.74) is -0.439. The number of ether oxygens (including phenoxy) is 1. The van der Waals surface area contributed by atoms with E-state index in [1.54, 1.807) is 4.90 Å². The molecular weight excluding hydrogens is 276 g/mol. The molecule has 4 nitrogen and oxygen atoms in total. The number of piperidine rings is 1. The Morgan fingerprint density at radius 1 is 1.09 bits per heavy atom. The minimum Gasteiger partial charge on any atom is -0.444 e. The van der Waals surface area contributed by atoms with Crippen LogP contribution in [0.3, 0.4) is 0 Å². The summed E-state index contributed by atoms with van der Waals surface area (Å²) < 4.78 is 5.44. The number of hydrogen-bond donors (Lipinski definition) is 0. The van der Waals surface area contributed by atoms with E-state index in [2.05, 4.69) is 6.07 Å². The smallest absolute Gasteiger partial charge is 0.410 e. The van der Waals surface area contributed by atoms with Crippen LogP contribution in [0.4, 0.5) is 4.79 Å². The van der Waals surface area contributed by atoms with Gasteiger partial charge in [0.25, 0.3) is 0 Å². The quantitative estimate of drug-likeness (QED) is 0.762. The minimum atomic E-state index is -0.439. The van der Waals surface area contributed by atoms with Crippen LogP contribution in [0.25, 0.3) is 0 Å². The van der Waals surface area contributed by atoms with Crippen LogP contribution < -0.4 is 0 Å². The maximum absolute atomic E-state index is 12.1. The second-order valence-corrected chi connectivity index (χ2v) is 7.86. The van der Waals surface area contributed by atoms with Crippen molar-refractivity contribution in [3.63, 3.8) is 0 Å². The van der Waals surface area contributed by atoms with Gasteiger partial charge < -0.3 is 9.64 Å². The van der Waals surface area contributed by atoms with Gasteiger partial charge in [0, 0.05) is 13.1 Å². The van der Waals surface area contributed by atoms with E-state index >= 15 is 0 Å². The molecule has 0 spiro atoms. The van der Waals surface area contributed by atoms with Crippen molar-refractivity contribution in [3.8, 4) is 6.07 Å². The predicted molar refractivity (Wildman–Crippen MR) is 86.2 cm³/mol. The van der Waals surface area contributed by atoms with Gasteiger partial charge in [0.15, 0.2) is 0 Å². The van der Waals surface area contributed by atoms with E-state index in [1.807, 2.05) is 20.8 Å². The second kappa shape index (κ2) is 7.35. The van der Waals surface area contributed by atoms with Gasteiger partial charge in [-0.15, -0.1) is 0 Å². The van der Waals surface area contributed by atoms with Gasteiger partial charge in [0.05, 0.1) is 12.0 Å². The van der Waals surface area contributed by atoms with Crippen LogP contribution in [0.5, 0.6) is 0 Å². The lowest BCUT2D eigenvalue weighted by Crippen LogP contribution is -2.43. The predicted octanol–water partition coefficient (Wildman–Crippen LogP) is 4.35. The molecule has 1 heterocycles. The molecule has 1 saturated heterocycles. The van der Waals surface area contributed by atoms with E-state index in [1.165, 1.54) is 32.1 Å². The van der Waals surface area contributed by atoms with Crippen LogP contribution in [0, 0.1) is 29.1 Å². The summed E-state index contributed by atoms with van der Waals surface area (Å²) in [6.07, 6.45) is 7.97. The summed E-state index contributed by atoms with van der Waals surface area (Å²) >= 11 is 0. The summed E-state index contributed by atoms with van der Waals surface area (Å²) in [5, 5.41) is 9.60. The summed E-state index contributed by atoms with van der Waals surface area (Å²) in [4.78, 5) is 13.9. The largest absolute Gasteiger partial charge is 0.444 e. The molecule has 4 heteroatoms. The Hall–Kier alpha value is -1.24. The molecule has 0 bridgehead atoms. The number of hydrogen-bond acceptors (Lipinski definition) is 3. The third-order valence-corrected chi connectivity index (χ3v) is 5.01. The van der Waals surface area contributed by atoms with Gasteiger partial charge in [0.2, 0.25) is 0 Å². The Labute approximate surface area is 134 Å². The van der Waals surface area contributed by atoms with Crippen molar-refractivity contribution < 1.29 is 9.53 Å². The highest BCUT2D eigenvalue weighted by molar-refractivity contribution is 5.68. The van der Waals surface area contributed by atoms with Gasteiger partial charge in [-0.05, 0) is 58.3 Å². The zero-order valence-corrected chi connectivity index (χ0v) is 14.3. The summed E-state index contributed by atoms with van der Waals surface area (Å²) in [5.74, 6) is 1.21. The zero-order chi connectivity index (χ0) is 16.2. The van der Waals surface area contributed by atoms with E-state index in [0.717, 1.165) is 25.9 Å². The van der Waals surface area contributed by atoms with Crippen LogP contribution in [0.1, 0.15) is 65.7 Å².